The number of nitrogens with one attached hydrogen (secondary N) is 1. The highest BCUT2D eigenvalue weighted by Gasteiger charge is 2.50. The lowest BCUT2D eigenvalue weighted by Gasteiger charge is -2.31. The van der Waals surface area contributed by atoms with Crippen molar-refractivity contribution in [1.29, 1.82) is 0 Å². The van der Waals surface area contributed by atoms with Gasteiger partial charge in [-0.05, 0) is 50.0 Å². The number of nitro groups is 2. The van der Waals surface area contributed by atoms with Crippen molar-refractivity contribution in [3.05, 3.63) is 38.4 Å². The van der Waals surface area contributed by atoms with Gasteiger partial charge in [0.2, 0.25) is 0 Å². The molecule has 0 spiro atoms. The molecule has 0 heterocycles. The van der Waals surface area contributed by atoms with E-state index in [9.17, 15) is 20.2 Å². The summed E-state index contributed by atoms with van der Waals surface area (Å²) in [7, 11) is 1.74. The Labute approximate surface area is 150 Å². The molecule has 26 heavy (non-hydrogen) atoms. The molecular formula is C17H22N4O5. The first-order valence-corrected chi connectivity index (χ1v) is 8.55. The molecule has 4 atom stereocenters. The minimum Gasteiger partial charge on any atom is -0.378 e. The lowest BCUT2D eigenvalue weighted by molar-refractivity contribution is -0.393. The van der Waals surface area contributed by atoms with E-state index in [2.05, 4.69) is 24.4 Å². The molecule has 140 valence electrons. The molecule has 2 aliphatic rings. The summed E-state index contributed by atoms with van der Waals surface area (Å²) in [5, 5.41) is 26.5. The molecular weight excluding hydrogens is 340 g/mol. The van der Waals surface area contributed by atoms with Crippen molar-refractivity contribution < 1.29 is 14.6 Å². The van der Waals surface area contributed by atoms with Crippen molar-refractivity contribution in [2.75, 3.05) is 12.5 Å². The molecule has 9 nitrogen and oxygen atoms in total. The van der Waals surface area contributed by atoms with E-state index in [0.717, 1.165) is 31.0 Å². The number of ether oxygens (including phenoxy) is 1. The number of nitro benzene ring substituents is 2. The Balaban J connectivity index is 1.84. The number of methoxy groups -OCH3 is 1. The SMILES string of the molecule is CO[C@]1(C)C[C@@H]2C[C@H]1C/C(=N/Nc1ccc([N+](=O)[O-])cc1[N+](=O)[O-])[C@@H]2C. The maximum atomic E-state index is 11.2. The normalized spacial score (nSPS) is 31.8. The van der Waals surface area contributed by atoms with Crippen molar-refractivity contribution in [3.8, 4) is 0 Å². The third-order valence-corrected chi connectivity index (χ3v) is 5.98. The quantitative estimate of drug-likeness (QED) is 0.629. The van der Waals surface area contributed by atoms with Gasteiger partial charge in [0.25, 0.3) is 5.69 Å². The number of fused-ring (bicyclic) bond motifs is 2. The van der Waals surface area contributed by atoms with E-state index < -0.39 is 9.85 Å². The molecule has 1 N–H and O–H groups in total. The van der Waals surface area contributed by atoms with Gasteiger partial charge in [0.15, 0.2) is 0 Å². The van der Waals surface area contributed by atoms with Crippen LogP contribution >= 0.6 is 0 Å². The second kappa shape index (κ2) is 6.64. The molecule has 2 aliphatic carbocycles. The van der Waals surface area contributed by atoms with Crippen LogP contribution in [0.2, 0.25) is 0 Å². The number of benzene rings is 1. The zero-order valence-corrected chi connectivity index (χ0v) is 15.0. The lowest BCUT2D eigenvalue weighted by atomic mass is 9.78. The summed E-state index contributed by atoms with van der Waals surface area (Å²) in [5.41, 5.74) is 3.02. The molecule has 0 unspecified atom stereocenters. The van der Waals surface area contributed by atoms with Crippen LogP contribution in [0.15, 0.2) is 23.3 Å². The molecule has 2 bridgehead atoms. The maximum absolute atomic E-state index is 11.2. The van der Waals surface area contributed by atoms with Crippen LogP contribution in [0.3, 0.4) is 0 Å². The van der Waals surface area contributed by atoms with Crippen LogP contribution in [0.1, 0.15) is 33.1 Å². The van der Waals surface area contributed by atoms with E-state index in [1.165, 1.54) is 12.1 Å². The topological polar surface area (TPSA) is 120 Å². The van der Waals surface area contributed by atoms with Crippen molar-refractivity contribution >= 4 is 22.8 Å². The van der Waals surface area contributed by atoms with Crippen LogP contribution in [-0.2, 0) is 4.74 Å². The first-order chi connectivity index (χ1) is 12.2. The van der Waals surface area contributed by atoms with E-state index in [-0.39, 0.29) is 28.6 Å². The third-order valence-electron chi connectivity index (χ3n) is 5.98. The Kier molecular flexibility index (Phi) is 4.66. The van der Waals surface area contributed by atoms with Crippen LogP contribution in [0.5, 0.6) is 0 Å². The Morgan fingerprint density at radius 2 is 2.04 bits per heavy atom. The predicted octanol–water partition coefficient (Wildman–Crippen LogP) is 3.74. The number of non-ortho nitro benzene ring substituents is 1. The zero-order valence-electron chi connectivity index (χ0n) is 15.0. The largest absolute Gasteiger partial charge is 0.378 e. The minimum absolute atomic E-state index is 0.146. The van der Waals surface area contributed by atoms with Crippen molar-refractivity contribution in [2.24, 2.45) is 22.9 Å². The molecule has 3 rings (SSSR count). The Bertz CT molecular complexity index is 780. The molecule has 0 amide bonds. The van der Waals surface area contributed by atoms with Crippen LogP contribution in [0, 0.1) is 38.0 Å². The van der Waals surface area contributed by atoms with Gasteiger partial charge in [0.1, 0.15) is 5.69 Å². The van der Waals surface area contributed by atoms with Crippen molar-refractivity contribution in [3.63, 3.8) is 0 Å². The summed E-state index contributed by atoms with van der Waals surface area (Å²) in [6.07, 6.45) is 2.85. The zero-order chi connectivity index (χ0) is 19.1. The summed E-state index contributed by atoms with van der Waals surface area (Å²) in [6.45, 7) is 4.25. The minimum atomic E-state index is -0.658. The van der Waals surface area contributed by atoms with Gasteiger partial charge < -0.3 is 4.74 Å². The van der Waals surface area contributed by atoms with E-state index in [4.69, 9.17) is 4.74 Å². The smallest absolute Gasteiger partial charge is 0.301 e. The molecule has 0 radical (unpaired) electrons. The Morgan fingerprint density at radius 3 is 2.65 bits per heavy atom. The van der Waals surface area contributed by atoms with Gasteiger partial charge in [-0.1, -0.05) is 6.92 Å². The van der Waals surface area contributed by atoms with E-state index in [0.29, 0.717) is 11.8 Å². The Hall–Kier alpha value is -2.55. The summed E-state index contributed by atoms with van der Waals surface area (Å²) >= 11 is 0. The van der Waals surface area contributed by atoms with Crippen LogP contribution in [-0.4, -0.2) is 28.3 Å². The number of hydrogen-bond acceptors (Lipinski definition) is 7. The van der Waals surface area contributed by atoms with Crippen LogP contribution < -0.4 is 5.43 Å². The summed E-state index contributed by atoms with van der Waals surface area (Å²) in [6, 6.07) is 3.49. The molecule has 1 aromatic carbocycles. The average molecular weight is 362 g/mol. The fourth-order valence-electron chi connectivity index (χ4n) is 4.18. The second-order valence-corrected chi connectivity index (χ2v) is 7.34. The standard InChI is InChI=1S/C17H22N4O5/c1-10-11-6-12(17(2,9-11)26-3)7-15(10)19-18-14-5-4-13(20(22)23)8-16(14)21(24)25/h4-5,8,10-12,18H,6-7,9H2,1-3H3/b19-15-/t10-,11+,12+,17-/m1/s1. The third kappa shape index (κ3) is 3.14. The number of rotatable bonds is 5. The Morgan fingerprint density at radius 1 is 1.31 bits per heavy atom. The number of hydrogen-bond donors (Lipinski definition) is 1. The van der Waals surface area contributed by atoms with Gasteiger partial charge in [-0.3, -0.25) is 25.7 Å². The molecule has 0 saturated heterocycles. The molecule has 1 aromatic rings. The van der Waals surface area contributed by atoms with Gasteiger partial charge in [-0.25, -0.2) is 0 Å². The first-order valence-electron chi connectivity index (χ1n) is 8.55. The first kappa shape index (κ1) is 18.2. The molecule has 9 heteroatoms. The van der Waals surface area contributed by atoms with Crippen molar-refractivity contribution in [1.82, 2.24) is 0 Å². The molecule has 0 aromatic heterocycles. The average Bonchev–Trinajstić information content (AvgIpc) is 2.90. The summed E-state index contributed by atoms with van der Waals surface area (Å²) in [5.74, 6) is 1.11. The van der Waals surface area contributed by atoms with Gasteiger partial charge in [-0.2, -0.15) is 5.10 Å². The maximum Gasteiger partial charge on any atom is 0.301 e. The van der Waals surface area contributed by atoms with Gasteiger partial charge in [0, 0.05) is 18.9 Å². The molecule has 2 saturated carbocycles. The lowest BCUT2D eigenvalue weighted by Crippen LogP contribution is -2.33. The number of nitrogens with zero attached hydrogens (tertiary/aromatic N) is 3. The fourth-order valence-corrected chi connectivity index (χ4v) is 4.18. The molecule has 2 fully saturated rings. The van der Waals surface area contributed by atoms with Crippen LogP contribution in [0.25, 0.3) is 0 Å². The van der Waals surface area contributed by atoms with Gasteiger partial charge in [-0.15, -0.1) is 0 Å². The highest BCUT2D eigenvalue weighted by atomic mass is 16.6. The number of anilines is 1. The summed E-state index contributed by atoms with van der Waals surface area (Å²) < 4.78 is 5.73. The highest BCUT2D eigenvalue weighted by Crippen LogP contribution is 2.51. The monoisotopic (exact) mass is 362 g/mol. The summed E-state index contributed by atoms with van der Waals surface area (Å²) in [4.78, 5) is 20.8. The van der Waals surface area contributed by atoms with Crippen LogP contribution in [0.4, 0.5) is 17.1 Å². The fraction of sp³-hybridized carbons (Fsp3) is 0.588. The predicted molar refractivity (Wildman–Crippen MR) is 96.2 cm³/mol. The van der Waals surface area contributed by atoms with Gasteiger partial charge in [0.05, 0.1) is 21.5 Å². The highest BCUT2D eigenvalue weighted by molar-refractivity contribution is 5.89. The number of hydrazone groups is 1. The molecule has 0 aliphatic heterocycles. The van der Waals surface area contributed by atoms with Crippen molar-refractivity contribution in [2.45, 2.75) is 38.7 Å². The van der Waals surface area contributed by atoms with E-state index in [1.54, 1.807) is 7.11 Å². The second-order valence-electron chi connectivity index (χ2n) is 7.34. The van der Waals surface area contributed by atoms with Gasteiger partial charge >= 0.3 is 5.69 Å². The van der Waals surface area contributed by atoms with E-state index in [1.807, 2.05) is 0 Å². The van der Waals surface area contributed by atoms with E-state index >= 15 is 0 Å².